The quantitative estimate of drug-likeness (QED) is 0.595. The number of carbonyl (C=O) groups is 1. The average molecular weight is 455 g/mol. The van der Waals surface area contributed by atoms with Gasteiger partial charge in [0.2, 0.25) is 5.88 Å². The van der Waals surface area contributed by atoms with E-state index in [1.807, 2.05) is 26.8 Å². The molecule has 4 heterocycles. The van der Waals surface area contributed by atoms with Crippen molar-refractivity contribution in [2.45, 2.75) is 57.9 Å². The minimum Gasteiger partial charge on any atom is -0.474 e. The van der Waals surface area contributed by atoms with Gasteiger partial charge in [-0.1, -0.05) is 6.07 Å². The van der Waals surface area contributed by atoms with Gasteiger partial charge in [-0.25, -0.2) is 23.8 Å². The number of carbonyl (C=O) groups excluding carboxylic acids is 1. The van der Waals surface area contributed by atoms with Crippen LogP contribution in [-0.2, 0) is 9.47 Å². The number of fused-ring (bicyclic) bond motifs is 3. The lowest BCUT2D eigenvalue weighted by molar-refractivity contribution is -0.0931. The highest BCUT2D eigenvalue weighted by Gasteiger charge is 2.43. The summed E-state index contributed by atoms with van der Waals surface area (Å²) < 4.78 is 33.4. The molecule has 2 saturated heterocycles. The smallest absolute Gasteiger partial charge is 0.410 e. The highest BCUT2D eigenvalue weighted by molar-refractivity contribution is 5.81. The highest BCUT2D eigenvalue weighted by Crippen LogP contribution is 2.33. The minimum absolute atomic E-state index is 0.129. The number of piperidine rings is 1. The predicted molar refractivity (Wildman–Crippen MR) is 117 cm³/mol. The van der Waals surface area contributed by atoms with E-state index in [4.69, 9.17) is 14.2 Å². The van der Waals surface area contributed by atoms with Crippen LogP contribution in [0, 0.1) is 12.7 Å². The molecule has 10 heteroatoms. The first-order valence-electron chi connectivity index (χ1n) is 11.1. The van der Waals surface area contributed by atoms with Crippen molar-refractivity contribution in [3.8, 4) is 11.6 Å². The minimum atomic E-state index is -0.380. The monoisotopic (exact) mass is 455 g/mol. The first-order valence-corrected chi connectivity index (χ1v) is 11.1. The Balaban J connectivity index is 1.38. The molecule has 9 nitrogen and oxygen atoms in total. The van der Waals surface area contributed by atoms with E-state index in [0.717, 1.165) is 5.56 Å². The maximum absolute atomic E-state index is 14.5. The number of aromatic nitrogens is 4. The van der Waals surface area contributed by atoms with Crippen molar-refractivity contribution in [1.82, 2.24) is 24.6 Å². The fourth-order valence-corrected chi connectivity index (χ4v) is 4.56. The summed E-state index contributed by atoms with van der Waals surface area (Å²) in [6, 6.07) is 4.70. The van der Waals surface area contributed by atoms with E-state index in [1.165, 1.54) is 17.1 Å². The molecule has 2 unspecified atom stereocenters. The van der Waals surface area contributed by atoms with Crippen molar-refractivity contribution in [3.63, 3.8) is 0 Å². The molecule has 0 saturated carbocycles. The number of ether oxygens (including phenoxy) is 3. The summed E-state index contributed by atoms with van der Waals surface area (Å²) in [5.74, 6) is 0.00975. The second-order valence-electron chi connectivity index (χ2n) is 8.82. The van der Waals surface area contributed by atoms with Gasteiger partial charge in [-0.3, -0.25) is 4.90 Å². The Hall–Kier alpha value is -3.27. The molecule has 2 aliphatic rings. The van der Waals surface area contributed by atoms with Gasteiger partial charge in [0.25, 0.3) is 0 Å². The molecule has 33 heavy (non-hydrogen) atoms. The molecule has 2 aromatic heterocycles. The number of aryl methyl sites for hydroxylation is 1. The van der Waals surface area contributed by atoms with E-state index < -0.39 is 0 Å². The van der Waals surface area contributed by atoms with Crippen LogP contribution in [0.5, 0.6) is 5.88 Å². The normalized spacial score (nSPS) is 22.6. The van der Waals surface area contributed by atoms with Gasteiger partial charge in [-0.15, -0.1) is 0 Å². The lowest BCUT2D eigenvalue weighted by Crippen LogP contribution is -2.61. The topological polar surface area (TPSA) is 91.6 Å². The van der Waals surface area contributed by atoms with Crippen LogP contribution in [0.2, 0.25) is 0 Å². The van der Waals surface area contributed by atoms with Gasteiger partial charge >= 0.3 is 6.09 Å². The van der Waals surface area contributed by atoms with E-state index in [1.54, 1.807) is 17.2 Å². The Morgan fingerprint density at radius 1 is 1.21 bits per heavy atom. The average Bonchev–Trinajstić information content (AvgIpc) is 3.17. The van der Waals surface area contributed by atoms with Gasteiger partial charge in [-0.05, 0) is 38.5 Å². The highest BCUT2D eigenvalue weighted by atomic mass is 19.1. The second-order valence-corrected chi connectivity index (χ2v) is 8.82. The number of halogens is 1. The summed E-state index contributed by atoms with van der Waals surface area (Å²) in [7, 11) is 0. The van der Waals surface area contributed by atoms with Crippen LogP contribution in [0.1, 0.15) is 32.3 Å². The number of amides is 1. The summed E-state index contributed by atoms with van der Waals surface area (Å²) in [6.45, 7) is 6.38. The Morgan fingerprint density at radius 3 is 2.67 bits per heavy atom. The Labute approximate surface area is 190 Å². The van der Waals surface area contributed by atoms with Crippen LogP contribution in [0.3, 0.4) is 0 Å². The molecule has 2 fully saturated rings. The molecule has 0 spiro atoms. The van der Waals surface area contributed by atoms with E-state index in [-0.39, 0.29) is 36.2 Å². The lowest BCUT2D eigenvalue weighted by Gasteiger charge is -2.47. The molecule has 2 bridgehead atoms. The molecule has 174 valence electrons. The third-order valence-electron chi connectivity index (χ3n) is 5.96. The number of rotatable bonds is 4. The number of morpholine rings is 1. The van der Waals surface area contributed by atoms with Crippen LogP contribution in [0.4, 0.5) is 9.18 Å². The van der Waals surface area contributed by atoms with Crippen molar-refractivity contribution in [2.75, 3.05) is 13.2 Å². The van der Waals surface area contributed by atoms with Crippen LogP contribution < -0.4 is 4.74 Å². The zero-order valence-electron chi connectivity index (χ0n) is 18.8. The molecule has 2 aliphatic heterocycles. The Bertz CT molecular complexity index is 1170. The van der Waals surface area contributed by atoms with Gasteiger partial charge in [-0.2, -0.15) is 5.10 Å². The molecule has 5 rings (SSSR count). The van der Waals surface area contributed by atoms with Crippen LogP contribution in [0.15, 0.2) is 30.7 Å². The largest absolute Gasteiger partial charge is 0.474 e. The SMILES string of the molecule is Cc1ccc(-n2ncc3c(OC4CC5COCC(C4)N5C(=O)OC(C)C)ncnc32)c(F)c1. The van der Waals surface area contributed by atoms with E-state index >= 15 is 0 Å². The summed E-state index contributed by atoms with van der Waals surface area (Å²) >= 11 is 0. The fraction of sp³-hybridized carbons (Fsp3) is 0.478. The standard InChI is InChI=1S/C23H26FN5O4/c1-13(2)32-23(30)28-15-7-17(8-16(28)11-31-10-15)33-22-18-9-27-29(21(18)25-12-26-22)20-5-4-14(3)6-19(20)24/h4-6,9,12-13,15-17H,7-8,10-11H2,1-3H3. The van der Waals surface area contributed by atoms with Crippen molar-refractivity contribution in [2.24, 2.45) is 0 Å². The van der Waals surface area contributed by atoms with Gasteiger partial charge in [0.15, 0.2) is 5.65 Å². The summed E-state index contributed by atoms with van der Waals surface area (Å²) in [5, 5.41) is 4.93. The Kier molecular flexibility index (Phi) is 5.61. The number of benzene rings is 1. The van der Waals surface area contributed by atoms with Crippen LogP contribution in [-0.4, -0.2) is 68.2 Å². The van der Waals surface area contributed by atoms with Gasteiger partial charge in [0.1, 0.15) is 29.3 Å². The van der Waals surface area contributed by atoms with Gasteiger partial charge in [0, 0.05) is 12.8 Å². The van der Waals surface area contributed by atoms with Gasteiger partial charge < -0.3 is 14.2 Å². The summed E-state index contributed by atoms with van der Waals surface area (Å²) in [6.07, 6.45) is 3.50. The molecule has 0 radical (unpaired) electrons. The summed E-state index contributed by atoms with van der Waals surface area (Å²) in [5.41, 5.74) is 1.60. The summed E-state index contributed by atoms with van der Waals surface area (Å²) in [4.78, 5) is 23.0. The third kappa shape index (κ3) is 4.10. The second kappa shape index (κ2) is 8.58. The molecular formula is C23H26FN5O4. The number of hydrogen-bond acceptors (Lipinski definition) is 7. The van der Waals surface area contributed by atoms with Gasteiger partial charge in [0.05, 0.1) is 37.6 Å². The molecule has 0 aliphatic carbocycles. The van der Waals surface area contributed by atoms with Crippen LogP contribution >= 0.6 is 0 Å². The van der Waals surface area contributed by atoms with E-state index in [9.17, 15) is 9.18 Å². The first kappa shape index (κ1) is 21.6. The zero-order valence-corrected chi connectivity index (χ0v) is 18.8. The van der Waals surface area contributed by atoms with Crippen molar-refractivity contribution in [3.05, 3.63) is 42.1 Å². The molecule has 3 aromatic rings. The number of nitrogens with zero attached hydrogens (tertiary/aromatic N) is 5. The van der Waals surface area contributed by atoms with Crippen molar-refractivity contribution < 1.29 is 23.4 Å². The van der Waals surface area contributed by atoms with E-state index in [2.05, 4.69) is 15.1 Å². The first-order chi connectivity index (χ1) is 15.9. The third-order valence-corrected chi connectivity index (χ3v) is 5.96. The molecular weight excluding hydrogens is 429 g/mol. The molecule has 1 amide bonds. The fourth-order valence-electron chi connectivity index (χ4n) is 4.56. The zero-order chi connectivity index (χ0) is 23.1. The number of hydrogen-bond donors (Lipinski definition) is 0. The predicted octanol–water partition coefficient (Wildman–Crippen LogP) is 3.42. The lowest BCUT2D eigenvalue weighted by atomic mass is 9.92. The van der Waals surface area contributed by atoms with Crippen molar-refractivity contribution in [1.29, 1.82) is 0 Å². The molecule has 2 atom stereocenters. The van der Waals surface area contributed by atoms with Crippen LogP contribution in [0.25, 0.3) is 16.7 Å². The van der Waals surface area contributed by atoms with E-state index in [0.29, 0.717) is 48.7 Å². The Morgan fingerprint density at radius 2 is 1.97 bits per heavy atom. The maximum atomic E-state index is 14.5. The molecule has 0 N–H and O–H groups in total. The molecule has 1 aromatic carbocycles. The van der Waals surface area contributed by atoms with Crippen molar-refractivity contribution >= 4 is 17.1 Å². The maximum Gasteiger partial charge on any atom is 0.410 e.